The summed E-state index contributed by atoms with van der Waals surface area (Å²) >= 11 is 0. The van der Waals surface area contributed by atoms with E-state index in [0.29, 0.717) is 16.5 Å². The number of carbonyl (C=O) groups is 1. The summed E-state index contributed by atoms with van der Waals surface area (Å²) in [5.74, 6) is -1.02. The van der Waals surface area contributed by atoms with Crippen LogP contribution >= 0.6 is 0 Å². The van der Waals surface area contributed by atoms with E-state index in [1.165, 1.54) is 18.4 Å². The molecule has 2 heterocycles. The number of carboxylic acids is 1. The molecule has 0 amide bonds. The van der Waals surface area contributed by atoms with E-state index in [-0.39, 0.29) is 5.75 Å². The maximum absolute atomic E-state index is 10.8. The lowest BCUT2D eigenvalue weighted by Gasteiger charge is -2.39. The summed E-state index contributed by atoms with van der Waals surface area (Å²) in [7, 11) is 0. The fraction of sp³-hybridized carbons (Fsp3) is 0.353. The Hall–Kier alpha value is -2.43. The molecule has 0 spiro atoms. The van der Waals surface area contributed by atoms with Crippen molar-refractivity contribution in [1.82, 2.24) is 0 Å². The Morgan fingerprint density at radius 1 is 1.19 bits per heavy atom. The van der Waals surface area contributed by atoms with Crippen molar-refractivity contribution in [1.29, 1.82) is 0 Å². The van der Waals surface area contributed by atoms with E-state index in [0.717, 1.165) is 6.08 Å². The number of aliphatic hydroxyl groups is 4. The Balaban J connectivity index is 1.93. The smallest absolute Gasteiger partial charge is 0.328 e. The third-order valence-corrected chi connectivity index (χ3v) is 4.08. The van der Waals surface area contributed by atoms with Gasteiger partial charge >= 0.3 is 5.97 Å². The minimum absolute atomic E-state index is 0.134. The zero-order valence-corrected chi connectivity index (χ0v) is 13.4. The van der Waals surface area contributed by atoms with Crippen LogP contribution in [0.2, 0.25) is 0 Å². The predicted molar refractivity (Wildman–Crippen MR) is 87.3 cm³/mol. The van der Waals surface area contributed by atoms with Crippen molar-refractivity contribution in [2.45, 2.75) is 30.7 Å². The highest BCUT2D eigenvalue weighted by Crippen LogP contribution is 2.31. The van der Waals surface area contributed by atoms with Crippen LogP contribution in [0.15, 0.2) is 35.0 Å². The molecule has 140 valence electrons. The van der Waals surface area contributed by atoms with Gasteiger partial charge in [0.15, 0.2) is 0 Å². The number of hydrogen-bond acceptors (Lipinski definition) is 8. The highest BCUT2D eigenvalue weighted by atomic mass is 16.7. The predicted octanol–water partition coefficient (Wildman–Crippen LogP) is -0.291. The number of fused-ring (bicyclic) bond motifs is 1. The number of furan rings is 1. The second-order valence-electron chi connectivity index (χ2n) is 5.84. The van der Waals surface area contributed by atoms with E-state index in [4.69, 9.17) is 19.0 Å². The van der Waals surface area contributed by atoms with Crippen molar-refractivity contribution in [2.75, 3.05) is 6.61 Å². The molecule has 5 N–H and O–H groups in total. The van der Waals surface area contributed by atoms with Crippen molar-refractivity contribution in [3.63, 3.8) is 0 Å². The minimum Gasteiger partial charge on any atom is -0.478 e. The molecule has 0 bridgehead atoms. The van der Waals surface area contributed by atoms with Crippen LogP contribution in [0.3, 0.4) is 0 Å². The largest absolute Gasteiger partial charge is 0.478 e. The van der Waals surface area contributed by atoms with Gasteiger partial charge in [-0.2, -0.15) is 0 Å². The van der Waals surface area contributed by atoms with Gasteiger partial charge in [0.2, 0.25) is 6.29 Å². The zero-order valence-electron chi connectivity index (χ0n) is 13.4. The van der Waals surface area contributed by atoms with Crippen LogP contribution in [0.25, 0.3) is 17.0 Å². The fourth-order valence-corrected chi connectivity index (χ4v) is 2.69. The second-order valence-corrected chi connectivity index (χ2v) is 5.84. The van der Waals surface area contributed by atoms with Crippen LogP contribution in [0.4, 0.5) is 0 Å². The van der Waals surface area contributed by atoms with E-state index in [9.17, 15) is 25.2 Å². The van der Waals surface area contributed by atoms with Gasteiger partial charge in [0.25, 0.3) is 0 Å². The van der Waals surface area contributed by atoms with E-state index in [1.54, 1.807) is 12.1 Å². The van der Waals surface area contributed by atoms with Crippen LogP contribution < -0.4 is 4.74 Å². The molecule has 1 saturated heterocycles. The third kappa shape index (κ3) is 3.57. The monoisotopic (exact) mass is 366 g/mol. The van der Waals surface area contributed by atoms with Gasteiger partial charge in [-0.15, -0.1) is 0 Å². The zero-order chi connectivity index (χ0) is 18.8. The Labute approximate surface area is 147 Å². The quantitative estimate of drug-likeness (QED) is 0.450. The SMILES string of the molecule is O=C(O)/C=C\c1cc2ccoc2cc1OC1O[C@H](CO)[C@@H](O)[C@H](O)[C@H]1O. The maximum atomic E-state index is 10.8. The van der Waals surface area contributed by atoms with E-state index in [1.807, 2.05) is 0 Å². The first-order valence-corrected chi connectivity index (χ1v) is 7.80. The highest BCUT2D eigenvalue weighted by molar-refractivity contribution is 5.89. The Kier molecular flexibility index (Phi) is 5.25. The summed E-state index contributed by atoms with van der Waals surface area (Å²) in [6, 6.07) is 4.79. The number of benzene rings is 1. The summed E-state index contributed by atoms with van der Waals surface area (Å²) in [5, 5.41) is 48.5. The summed E-state index contributed by atoms with van der Waals surface area (Å²) in [6.45, 7) is -0.589. The molecule has 1 unspecified atom stereocenters. The fourth-order valence-electron chi connectivity index (χ4n) is 2.69. The standard InChI is InChI=1S/C17H18O9/c18-7-12-14(21)15(22)16(23)17(26-12)25-11-6-10-9(3-4-24-10)5-8(11)1-2-13(19)20/h1-6,12,14-18,21-23H,7H2,(H,19,20)/b2-1-/t12-,14-,15+,16-,17?/m1/s1. The normalized spacial score (nSPS) is 29.3. The van der Waals surface area contributed by atoms with Gasteiger partial charge in [0.1, 0.15) is 35.7 Å². The first-order valence-electron chi connectivity index (χ1n) is 7.80. The second kappa shape index (κ2) is 7.44. The van der Waals surface area contributed by atoms with Crippen LogP contribution in [0.5, 0.6) is 5.75 Å². The molecule has 1 aliphatic heterocycles. The molecular formula is C17H18O9. The molecule has 0 aliphatic carbocycles. The Morgan fingerprint density at radius 2 is 1.96 bits per heavy atom. The van der Waals surface area contributed by atoms with Crippen molar-refractivity contribution in [3.05, 3.63) is 36.1 Å². The van der Waals surface area contributed by atoms with Crippen molar-refractivity contribution >= 4 is 23.0 Å². The molecule has 3 rings (SSSR count). The molecule has 26 heavy (non-hydrogen) atoms. The first kappa shape index (κ1) is 18.4. The molecule has 2 aromatic rings. The van der Waals surface area contributed by atoms with E-state index >= 15 is 0 Å². The van der Waals surface area contributed by atoms with E-state index < -0.39 is 43.3 Å². The average Bonchev–Trinajstić information content (AvgIpc) is 3.07. The van der Waals surface area contributed by atoms with Gasteiger partial charge in [-0.1, -0.05) is 0 Å². The number of rotatable bonds is 5. The Bertz CT molecular complexity index is 810. The number of hydrogen-bond donors (Lipinski definition) is 5. The van der Waals surface area contributed by atoms with Gasteiger partial charge in [-0.25, -0.2) is 4.79 Å². The topological polar surface area (TPSA) is 150 Å². The van der Waals surface area contributed by atoms with Gasteiger partial charge in [0, 0.05) is 23.1 Å². The van der Waals surface area contributed by atoms with Crippen LogP contribution in [0, 0.1) is 0 Å². The summed E-state index contributed by atoms with van der Waals surface area (Å²) < 4.78 is 16.2. The summed E-state index contributed by atoms with van der Waals surface area (Å²) in [5.41, 5.74) is 0.829. The maximum Gasteiger partial charge on any atom is 0.328 e. The molecule has 9 heteroatoms. The van der Waals surface area contributed by atoms with Gasteiger partial charge in [-0.3, -0.25) is 0 Å². The number of aliphatic hydroxyl groups excluding tert-OH is 4. The summed E-state index contributed by atoms with van der Waals surface area (Å²) in [6.07, 6.45) is -3.53. The lowest BCUT2D eigenvalue weighted by atomic mass is 9.99. The van der Waals surface area contributed by atoms with Crippen molar-refractivity contribution < 1.29 is 44.2 Å². The molecule has 9 nitrogen and oxygen atoms in total. The lowest BCUT2D eigenvalue weighted by Crippen LogP contribution is -2.60. The van der Waals surface area contributed by atoms with Gasteiger partial charge in [0.05, 0.1) is 12.9 Å². The van der Waals surface area contributed by atoms with Crippen LogP contribution in [-0.4, -0.2) is 68.8 Å². The lowest BCUT2D eigenvalue weighted by molar-refractivity contribution is -0.277. The third-order valence-electron chi connectivity index (χ3n) is 4.08. The van der Waals surface area contributed by atoms with Crippen LogP contribution in [-0.2, 0) is 9.53 Å². The molecule has 1 aromatic carbocycles. The van der Waals surface area contributed by atoms with Crippen molar-refractivity contribution in [2.24, 2.45) is 0 Å². The number of ether oxygens (including phenoxy) is 2. The van der Waals surface area contributed by atoms with Gasteiger partial charge < -0.3 is 39.4 Å². The molecule has 0 radical (unpaired) electrons. The number of aliphatic carboxylic acids is 1. The van der Waals surface area contributed by atoms with E-state index in [2.05, 4.69) is 0 Å². The molecule has 5 atom stereocenters. The molecule has 1 aromatic heterocycles. The molecule has 1 aliphatic rings. The highest BCUT2D eigenvalue weighted by Gasteiger charge is 2.44. The number of carboxylic acid groups (broad SMARTS) is 1. The molecule has 1 fully saturated rings. The summed E-state index contributed by atoms with van der Waals surface area (Å²) in [4.78, 5) is 10.8. The van der Waals surface area contributed by atoms with Crippen molar-refractivity contribution in [3.8, 4) is 5.75 Å². The molecular weight excluding hydrogens is 348 g/mol. The first-order chi connectivity index (χ1) is 12.4. The van der Waals surface area contributed by atoms with Gasteiger partial charge in [-0.05, 0) is 18.2 Å². The van der Waals surface area contributed by atoms with Crippen LogP contribution in [0.1, 0.15) is 5.56 Å². The average molecular weight is 366 g/mol. The Morgan fingerprint density at radius 3 is 2.65 bits per heavy atom. The molecule has 0 saturated carbocycles. The minimum atomic E-state index is -1.59.